The van der Waals surface area contributed by atoms with Crippen LogP contribution in [0.5, 0.6) is 11.5 Å². The predicted molar refractivity (Wildman–Crippen MR) is 114 cm³/mol. The number of hydrogen-bond donors (Lipinski definition) is 2. The predicted octanol–water partition coefficient (Wildman–Crippen LogP) is 4.68. The minimum atomic E-state index is -4.01. The molecule has 3 aromatic rings. The fourth-order valence-electron chi connectivity index (χ4n) is 4.19. The lowest BCUT2D eigenvalue weighted by Gasteiger charge is -2.31. The molecule has 1 aliphatic heterocycles. The van der Waals surface area contributed by atoms with Crippen molar-refractivity contribution in [2.24, 2.45) is 0 Å². The number of aromatic hydroxyl groups is 2. The highest BCUT2D eigenvalue weighted by Crippen LogP contribution is 2.51. The largest absolute Gasteiger partial charge is 0.508 e. The van der Waals surface area contributed by atoms with Gasteiger partial charge in [0.2, 0.25) is 0 Å². The zero-order chi connectivity index (χ0) is 21.7. The summed E-state index contributed by atoms with van der Waals surface area (Å²) in [6, 6.07) is 15.3. The third kappa shape index (κ3) is 2.99. The van der Waals surface area contributed by atoms with Gasteiger partial charge < -0.3 is 10.2 Å². The monoisotopic (exact) mass is 424 g/mol. The Morgan fingerprint density at radius 3 is 2.33 bits per heavy atom. The van der Waals surface area contributed by atoms with Gasteiger partial charge in [-0.1, -0.05) is 37.6 Å². The average molecular weight is 425 g/mol. The Morgan fingerprint density at radius 1 is 0.933 bits per heavy atom. The standard InChI is InChI=1S/C24H24O5S/c1-4-7-17-14-19(13-16(3)23(17)26)24(18-10-11-21(25)15(2)12-18)20-8-5-6-9-22(20)30(27,28)29-24/h5-6,8-14,25-26H,4,7H2,1-3H3. The van der Waals surface area contributed by atoms with Crippen molar-refractivity contribution in [3.05, 3.63) is 88.0 Å². The topological polar surface area (TPSA) is 83.8 Å². The molecule has 0 radical (unpaired) electrons. The first-order chi connectivity index (χ1) is 14.2. The number of hydrogen-bond acceptors (Lipinski definition) is 5. The second-order valence-corrected chi connectivity index (χ2v) is 9.28. The molecule has 156 valence electrons. The van der Waals surface area contributed by atoms with Crippen LogP contribution in [0, 0.1) is 13.8 Å². The third-order valence-electron chi connectivity index (χ3n) is 5.68. The van der Waals surface area contributed by atoms with Crippen molar-refractivity contribution in [3.63, 3.8) is 0 Å². The van der Waals surface area contributed by atoms with Gasteiger partial charge in [0.15, 0.2) is 5.60 Å². The normalized spacial score (nSPS) is 19.6. The Bertz CT molecular complexity index is 1250. The van der Waals surface area contributed by atoms with Crippen LogP contribution < -0.4 is 0 Å². The molecule has 1 unspecified atom stereocenters. The number of phenolic OH excluding ortho intramolecular Hbond substituents is 2. The zero-order valence-corrected chi connectivity index (χ0v) is 18.0. The highest BCUT2D eigenvalue weighted by molar-refractivity contribution is 7.87. The smallest absolute Gasteiger partial charge is 0.298 e. The summed E-state index contributed by atoms with van der Waals surface area (Å²) >= 11 is 0. The first-order valence-corrected chi connectivity index (χ1v) is 11.3. The van der Waals surface area contributed by atoms with Gasteiger partial charge in [0.25, 0.3) is 10.1 Å². The summed E-state index contributed by atoms with van der Waals surface area (Å²) in [7, 11) is -4.01. The van der Waals surface area contributed by atoms with Gasteiger partial charge in [-0.2, -0.15) is 8.42 Å². The lowest BCUT2D eigenvalue weighted by Crippen LogP contribution is -2.30. The first-order valence-electron chi connectivity index (χ1n) is 9.89. The minimum absolute atomic E-state index is 0.122. The van der Waals surface area contributed by atoms with Crippen molar-refractivity contribution < 1.29 is 22.8 Å². The summed E-state index contributed by atoms with van der Waals surface area (Å²) in [6.45, 7) is 5.57. The maximum Gasteiger partial charge on any atom is 0.298 e. The summed E-state index contributed by atoms with van der Waals surface area (Å²) in [5, 5.41) is 20.6. The molecule has 6 heteroatoms. The lowest BCUT2D eigenvalue weighted by atomic mass is 9.78. The summed E-state index contributed by atoms with van der Waals surface area (Å²) in [4.78, 5) is 0.124. The first kappa shape index (κ1) is 20.4. The van der Waals surface area contributed by atoms with Gasteiger partial charge in [-0.25, -0.2) is 4.18 Å². The van der Waals surface area contributed by atoms with Crippen LogP contribution in [-0.4, -0.2) is 18.6 Å². The number of aryl methyl sites for hydroxylation is 3. The summed E-state index contributed by atoms with van der Waals surface area (Å²) in [5.41, 5.74) is 2.33. The van der Waals surface area contributed by atoms with Gasteiger partial charge in [0, 0.05) is 5.56 Å². The van der Waals surface area contributed by atoms with Crippen LogP contribution in [0.1, 0.15) is 46.7 Å². The van der Waals surface area contributed by atoms with Crippen molar-refractivity contribution >= 4 is 10.1 Å². The van der Waals surface area contributed by atoms with E-state index in [1.807, 2.05) is 13.0 Å². The Labute approximate surface area is 176 Å². The van der Waals surface area contributed by atoms with E-state index >= 15 is 0 Å². The van der Waals surface area contributed by atoms with Crippen molar-refractivity contribution in [2.45, 2.75) is 44.1 Å². The molecule has 0 saturated heterocycles. The molecular formula is C24H24O5S. The number of fused-ring (bicyclic) bond motifs is 1. The van der Waals surface area contributed by atoms with E-state index in [0.29, 0.717) is 34.2 Å². The molecule has 5 nitrogen and oxygen atoms in total. The summed E-state index contributed by atoms with van der Waals surface area (Å²) < 4.78 is 31.9. The van der Waals surface area contributed by atoms with Crippen molar-refractivity contribution in [1.82, 2.24) is 0 Å². The molecule has 1 heterocycles. The van der Waals surface area contributed by atoms with Crippen molar-refractivity contribution in [1.29, 1.82) is 0 Å². The number of rotatable bonds is 4. The Morgan fingerprint density at radius 2 is 1.63 bits per heavy atom. The maximum atomic E-state index is 13.0. The Kier molecular flexibility index (Phi) is 4.87. The Balaban J connectivity index is 2.11. The molecule has 0 aromatic heterocycles. The third-order valence-corrected chi connectivity index (χ3v) is 7.04. The van der Waals surface area contributed by atoms with Gasteiger partial charge >= 0.3 is 0 Å². The molecule has 4 rings (SSSR count). The molecule has 0 aliphatic carbocycles. The lowest BCUT2D eigenvalue weighted by molar-refractivity contribution is 0.179. The number of phenols is 2. The second kappa shape index (κ2) is 7.15. The molecule has 2 N–H and O–H groups in total. The van der Waals surface area contributed by atoms with E-state index in [0.717, 1.165) is 12.0 Å². The molecular weight excluding hydrogens is 400 g/mol. The van der Waals surface area contributed by atoms with E-state index in [2.05, 4.69) is 0 Å². The fourth-order valence-corrected chi connectivity index (χ4v) is 5.62. The van der Waals surface area contributed by atoms with E-state index in [1.165, 1.54) is 0 Å². The van der Waals surface area contributed by atoms with Crippen LogP contribution in [0.25, 0.3) is 0 Å². The molecule has 0 spiro atoms. The van der Waals surface area contributed by atoms with Crippen LogP contribution in [0.2, 0.25) is 0 Å². The Hall–Kier alpha value is -2.83. The van der Waals surface area contributed by atoms with Crippen LogP contribution in [0.15, 0.2) is 59.5 Å². The van der Waals surface area contributed by atoms with E-state index in [-0.39, 0.29) is 16.4 Å². The van der Waals surface area contributed by atoms with Crippen LogP contribution in [0.4, 0.5) is 0 Å². The molecule has 1 atom stereocenters. The highest BCUT2D eigenvalue weighted by atomic mass is 32.2. The van der Waals surface area contributed by atoms with E-state index in [9.17, 15) is 18.6 Å². The van der Waals surface area contributed by atoms with E-state index in [1.54, 1.807) is 62.4 Å². The minimum Gasteiger partial charge on any atom is -0.508 e. The van der Waals surface area contributed by atoms with Crippen molar-refractivity contribution in [2.75, 3.05) is 0 Å². The second-order valence-electron chi connectivity index (χ2n) is 7.77. The molecule has 0 saturated carbocycles. The van der Waals surface area contributed by atoms with Gasteiger partial charge in [0.1, 0.15) is 16.4 Å². The number of benzene rings is 3. The van der Waals surface area contributed by atoms with Crippen LogP contribution >= 0.6 is 0 Å². The molecule has 1 aliphatic rings. The summed E-state index contributed by atoms with van der Waals surface area (Å²) in [6.07, 6.45) is 1.48. The molecule has 30 heavy (non-hydrogen) atoms. The average Bonchev–Trinajstić information content (AvgIpc) is 2.96. The van der Waals surface area contributed by atoms with E-state index in [4.69, 9.17) is 4.18 Å². The molecule has 0 fully saturated rings. The highest BCUT2D eigenvalue weighted by Gasteiger charge is 2.51. The zero-order valence-electron chi connectivity index (χ0n) is 17.1. The summed E-state index contributed by atoms with van der Waals surface area (Å²) in [5.74, 6) is 0.336. The SMILES string of the molecule is CCCc1cc(C2(c3ccc(O)c(C)c3)OS(=O)(=O)c3ccccc32)cc(C)c1O. The van der Waals surface area contributed by atoms with Crippen LogP contribution in [0.3, 0.4) is 0 Å². The maximum absolute atomic E-state index is 13.0. The van der Waals surface area contributed by atoms with Crippen LogP contribution in [-0.2, 0) is 26.3 Å². The van der Waals surface area contributed by atoms with Gasteiger partial charge in [-0.05, 0) is 78.4 Å². The molecule has 0 bridgehead atoms. The van der Waals surface area contributed by atoms with Gasteiger partial charge in [-0.3, -0.25) is 0 Å². The van der Waals surface area contributed by atoms with Gasteiger partial charge in [-0.15, -0.1) is 0 Å². The molecule has 3 aromatic carbocycles. The van der Waals surface area contributed by atoms with Crippen molar-refractivity contribution in [3.8, 4) is 11.5 Å². The fraction of sp³-hybridized carbons (Fsp3) is 0.250. The molecule has 0 amide bonds. The quantitative estimate of drug-likeness (QED) is 0.594. The van der Waals surface area contributed by atoms with E-state index < -0.39 is 15.7 Å². The van der Waals surface area contributed by atoms with Gasteiger partial charge in [0.05, 0.1) is 0 Å².